The van der Waals surface area contributed by atoms with Gasteiger partial charge in [-0.2, -0.15) is 0 Å². The summed E-state index contributed by atoms with van der Waals surface area (Å²) >= 11 is 0. The van der Waals surface area contributed by atoms with Gasteiger partial charge in [0.15, 0.2) is 0 Å². The Labute approximate surface area is 73.2 Å². The van der Waals surface area contributed by atoms with Gasteiger partial charge in [-0.3, -0.25) is 0 Å². The molecule has 0 heterocycles. The summed E-state index contributed by atoms with van der Waals surface area (Å²) < 4.78 is 0. The SMILES string of the molecule is C=C1C=CC(C)c2ccccc21. The lowest BCUT2D eigenvalue weighted by Gasteiger charge is -2.18. The van der Waals surface area contributed by atoms with Crippen molar-refractivity contribution in [3.63, 3.8) is 0 Å². The van der Waals surface area contributed by atoms with Gasteiger partial charge in [0.25, 0.3) is 0 Å². The first-order valence-corrected chi connectivity index (χ1v) is 4.25. The minimum atomic E-state index is 0.534. The van der Waals surface area contributed by atoms with E-state index in [0.29, 0.717) is 5.92 Å². The Morgan fingerprint density at radius 1 is 1.25 bits per heavy atom. The van der Waals surface area contributed by atoms with Gasteiger partial charge in [0.05, 0.1) is 0 Å². The summed E-state index contributed by atoms with van der Waals surface area (Å²) in [7, 11) is 0. The van der Waals surface area contributed by atoms with Crippen molar-refractivity contribution in [1.29, 1.82) is 0 Å². The molecular formula is C12H12. The molecule has 1 aliphatic carbocycles. The van der Waals surface area contributed by atoms with Crippen LogP contribution in [-0.2, 0) is 0 Å². The van der Waals surface area contributed by atoms with Gasteiger partial charge in [-0.25, -0.2) is 0 Å². The largest absolute Gasteiger partial charge is 0.0912 e. The van der Waals surface area contributed by atoms with E-state index in [1.54, 1.807) is 0 Å². The maximum absolute atomic E-state index is 4.00. The molecule has 2 rings (SSSR count). The van der Waals surface area contributed by atoms with Crippen molar-refractivity contribution >= 4 is 5.57 Å². The van der Waals surface area contributed by atoms with Gasteiger partial charge >= 0.3 is 0 Å². The molecule has 0 heteroatoms. The molecule has 1 aromatic rings. The number of hydrogen-bond donors (Lipinski definition) is 0. The monoisotopic (exact) mass is 156 g/mol. The van der Waals surface area contributed by atoms with E-state index in [0.717, 1.165) is 5.57 Å². The van der Waals surface area contributed by atoms with Crippen LogP contribution in [0.4, 0.5) is 0 Å². The van der Waals surface area contributed by atoms with Crippen molar-refractivity contribution in [3.8, 4) is 0 Å². The normalized spacial score (nSPS) is 20.8. The van der Waals surface area contributed by atoms with Gasteiger partial charge in [-0.1, -0.05) is 49.9 Å². The van der Waals surface area contributed by atoms with Crippen LogP contribution in [0.1, 0.15) is 24.0 Å². The van der Waals surface area contributed by atoms with Crippen LogP contribution in [0, 0.1) is 0 Å². The van der Waals surface area contributed by atoms with Gasteiger partial charge in [-0.05, 0) is 22.6 Å². The molecule has 0 bridgehead atoms. The van der Waals surface area contributed by atoms with Crippen molar-refractivity contribution in [2.45, 2.75) is 12.8 Å². The highest BCUT2D eigenvalue weighted by Gasteiger charge is 2.12. The molecule has 0 fully saturated rings. The Morgan fingerprint density at radius 3 is 2.75 bits per heavy atom. The molecule has 0 aromatic heterocycles. The molecular weight excluding hydrogens is 144 g/mol. The number of allylic oxidation sites excluding steroid dienone is 3. The Hall–Kier alpha value is -1.30. The number of hydrogen-bond acceptors (Lipinski definition) is 0. The van der Waals surface area contributed by atoms with Gasteiger partial charge < -0.3 is 0 Å². The molecule has 1 aromatic carbocycles. The Kier molecular flexibility index (Phi) is 1.61. The van der Waals surface area contributed by atoms with Crippen LogP contribution in [0.3, 0.4) is 0 Å². The molecule has 1 unspecified atom stereocenters. The summed E-state index contributed by atoms with van der Waals surface area (Å²) in [5.74, 6) is 0.534. The summed E-state index contributed by atoms with van der Waals surface area (Å²) in [5, 5.41) is 0. The van der Waals surface area contributed by atoms with Crippen LogP contribution >= 0.6 is 0 Å². The predicted octanol–water partition coefficient (Wildman–Crippen LogP) is 3.37. The molecule has 0 nitrogen and oxygen atoms in total. The second-order valence-electron chi connectivity index (χ2n) is 3.26. The fraction of sp³-hybridized carbons (Fsp3) is 0.167. The third-order valence-electron chi connectivity index (χ3n) is 2.38. The highest BCUT2D eigenvalue weighted by atomic mass is 14.2. The Bertz CT molecular complexity index is 345. The smallest absolute Gasteiger partial charge is 0.0000959 e. The molecule has 0 aliphatic heterocycles. The molecule has 0 amide bonds. The molecule has 1 atom stereocenters. The zero-order chi connectivity index (χ0) is 8.55. The molecule has 60 valence electrons. The average Bonchev–Trinajstić information content (AvgIpc) is 2.12. The van der Waals surface area contributed by atoms with E-state index in [2.05, 4.69) is 49.9 Å². The minimum Gasteiger partial charge on any atom is -0.0912 e. The highest BCUT2D eigenvalue weighted by Crippen LogP contribution is 2.31. The standard InChI is InChI=1S/C12H12/c1-9-7-8-10(2)12-6-4-3-5-11(9)12/h3-8,10H,1H2,2H3. The fourth-order valence-electron chi connectivity index (χ4n) is 1.64. The zero-order valence-electron chi connectivity index (χ0n) is 7.25. The summed E-state index contributed by atoms with van der Waals surface area (Å²) in [6, 6.07) is 8.46. The predicted molar refractivity (Wildman–Crippen MR) is 53.0 cm³/mol. The van der Waals surface area contributed by atoms with E-state index in [9.17, 15) is 0 Å². The molecule has 0 radical (unpaired) electrons. The molecule has 0 saturated heterocycles. The summed E-state index contributed by atoms with van der Waals surface area (Å²) in [4.78, 5) is 0. The van der Waals surface area contributed by atoms with E-state index in [1.165, 1.54) is 11.1 Å². The first-order chi connectivity index (χ1) is 5.79. The second-order valence-corrected chi connectivity index (χ2v) is 3.26. The van der Waals surface area contributed by atoms with Crippen molar-refractivity contribution in [1.82, 2.24) is 0 Å². The fourth-order valence-corrected chi connectivity index (χ4v) is 1.64. The summed E-state index contributed by atoms with van der Waals surface area (Å²) in [5.41, 5.74) is 3.82. The van der Waals surface area contributed by atoms with E-state index in [1.807, 2.05) is 0 Å². The van der Waals surface area contributed by atoms with Crippen LogP contribution in [0.5, 0.6) is 0 Å². The maximum atomic E-state index is 4.00. The van der Waals surface area contributed by atoms with Crippen LogP contribution < -0.4 is 0 Å². The van der Waals surface area contributed by atoms with Gasteiger partial charge in [0.2, 0.25) is 0 Å². The van der Waals surface area contributed by atoms with Crippen molar-refractivity contribution in [2.24, 2.45) is 0 Å². The van der Waals surface area contributed by atoms with Crippen molar-refractivity contribution < 1.29 is 0 Å². The van der Waals surface area contributed by atoms with E-state index in [-0.39, 0.29) is 0 Å². The number of benzene rings is 1. The first kappa shape index (κ1) is 7.35. The maximum Gasteiger partial charge on any atom is -0.0000959 e. The lowest BCUT2D eigenvalue weighted by Crippen LogP contribution is -1.99. The quantitative estimate of drug-likeness (QED) is 0.540. The van der Waals surface area contributed by atoms with Crippen LogP contribution in [-0.4, -0.2) is 0 Å². The van der Waals surface area contributed by atoms with Gasteiger partial charge in [0.1, 0.15) is 0 Å². The Morgan fingerprint density at radius 2 is 2.00 bits per heavy atom. The van der Waals surface area contributed by atoms with E-state index in [4.69, 9.17) is 0 Å². The van der Waals surface area contributed by atoms with E-state index >= 15 is 0 Å². The highest BCUT2D eigenvalue weighted by molar-refractivity contribution is 5.77. The second kappa shape index (κ2) is 2.63. The van der Waals surface area contributed by atoms with E-state index < -0.39 is 0 Å². The first-order valence-electron chi connectivity index (χ1n) is 4.25. The van der Waals surface area contributed by atoms with Gasteiger partial charge in [0, 0.05) is 0 Å². The molecule has 0 N–H and O–H groups in total. The van der Waals surface area contributed by atoms with Crippen LogP contribution in [0.2, 0.25) is 0 Å². The number of rotatable bonds is 0. The lowest BCUT2D eigenvalue weighted by molar-refractivity contribution is 0.953. The van der Waals surface area contributed by atoms with Crippen LogP contribution in [0.25, 0.3) is 5.57 Å². The minimum absolute atomic E-state index is 0.534. The zero-order valence-corrected chi connectivity index (χ0v) is 7.25. The summed E-state index contributed by atoms with van der Waals surface area (Å²) in [6.45, 7) is 6.21. The number of fused-ring (bicyclic) bond motifs is 1. The van der Waals surface area contributed by atoms with Crippen molar-refractivity contribution in [3.05, 3.63) is 54.1 Å². The molecule has 0 spiro atoms. The Balaban J connectivity index is 2.61. The summed E-state index contributed by atoms with van der Waals surface area (Å²) in [6.07, 6.45) is 4.30. The third kappa shape index (κ3) is 1.00. The molecule has 0 saturated carbocycles. The molecule has 1 aliphatic rings. The lowest BCUT2D eigenvalue weighted by atomic mass is 9.87. The van der Waals surface area contributed by atoms with Crippen molar-refractivity contribution in [2.75, 3.05) is 0 Å². The van der Waals surface area contributed by atoms with Gasteiger partial charge in [-0.15, -0.1) is 0 Å². The average molecular weight is 156 g/mol. The topological polar surface area (TPSA) is 0 Å². The molecule has 12 heavy (non-hydrogen) atoms. The van der Waals surface area contributed by atoms with Crippen LogP contribution in [0.15, 0.2) is 43.0 Å². The third-order valence-corrected chi connectivity index (χ3v) is 2.38.